The van der Waals surface area contributed by atoms with E-state index >= 15 is 0 Å². The fraction of sp³-hybridized carbons (Fsp3) is 0.312. The Morgan fingerprint density at radius 2 is 2.18 bits per heavy atom. The van der Waals surface area contributed by atoms with Gasteiger partial charge in [-0.1, -0.05) is 35.3 Å². The fourth-order valence-electron chi connectivity index (χ4n) is 2.53. The van der Waals surface area contributed by atoms with E-state index in [0.717, 1.165) is 23.7 Å². The highest BCUT2D eigenvalue weighted by atomic mass is 35.5. The number of pyridine rings is 1. The summed E-state index contributed by atoms with van der Waals surface area (Å²) in [5.74, 6) is 1.56. The molecule has 2 heterocycles. The number of hydrogen-bond donors (Lipinski definition) is 0. The van der Waals surface area contributed by atoms with Gasteiger partial charge in [-0.2, -0.15) is 0 Å². The normalized spacial score (nSPS) is 18.3. The third-order valence-corrected chi connectivity index (χ3v) is 4.10. The van der Waals surface area contributed by atoms with Crippen molar-refractivity contribution in [3.05, 3.63) is 52.1 Å². The van der Waals surface area contributed by atoms with Gasteiger partial charge in [0, 0.05) is 19.3 Å². The number of hydrogen-bond acceptors (Lipinski definition) is 4. The summed E-state index contributed by atoms with van der Waals surface area (Å²) in [4.78, 5) is 6.46. The van der Waals surface area contributed by atoms with E-state index in [2.05, 4.69) is 9.88 Å². The number of nitrogens with zero attached hydrogens (tertiary/aromatic N) is 2. The van der Waals surface area contributed by atoms with Crippen LogP contribution in [0.3, 0.4) is 0 Å². The Bertz CT molecular complexity index is 666. The molecule has 6 heteroatoms. The summed E-state index contributed by atoms with van der Waals surface area (Å²) in [5, 5.41) is 1.09. The number of halogens is 2. The van der Waals surface area contributed by atoms with E-state index in [1.807, 2.05) is 24.3 Å². The first kappa shape index (κ1) is 15.4. The number of methoxy groups -OCH3 is 1. The second kappa shape index (κ2) is 6.73. The second-order valence-corrected chi connectivity index (χ2v) is 5.88. The van der Waals surface area contributed by atoms with Crippen molar-refractivity contribution in [3.63, 3.8) is 0 Å². The minimum Gasteiger partial charge on any atom is -0.497 e. The number of anilines is 1. The lowest BCUT2D eigenvalue weighted by Crippen LogP contribution is -2.39. The summed E-state index contributed by atoms with van der Waals surface area (Å²) < 4.78 is 11.2. The first-order chi connectivity index (χ1) is 10.7. The van der Waals surface area contributed by atoms with Crippen LogP contribution in [0.4, 0.5) is 5.82 Å². The van der Waals surface area contributed by atoms with E-state index in [1.165, 1.54) is 0 Å². The molecule has 116 valence electrons. The van der Waals surface area contributed by atoms with Crippen LogP contribution in [-0.2, 0) is 4.74 Å². The van der Waals surface area contributed by atoms with Crippen LogP contribution >= 0.6 is 23.2 Å². The number of morpholine rings is 1. The molecule has 22 heavy (non-hydrogen) atoms. The summed E-state index contributed by atoms with van der Waals surface area (Å²) in [5.41, 5.74) is 1.08. The highest BCUT2D eigenvalue weighted by Gasteiger charge is 2.24. The van der Waals surface area contributed by atoms with Gasteiger partial charge in [0.05, 0.1) is 23.8 Å². The van der Waals surface area contributed by atoms with Crippen molar-refractivity contribution >= 4 is 29.0 Å². The highest BCUT2D eigenvalue weighted by Crippen LogP contribution is 2.31. The molecule has 3 rings (SSSR count). The van der Waals surface area contributed by atoms with Gasteiger partial charge in [-0.15, -0.1) is 0 Å². The van der Waals surface area contributed by atoms with Gasteiger partial charge in [0.25, 0.3) is 0 Å². The van der Waals surface area contributed by atoms with E-state index in [1.54, 1.807) is 19.4 Å². The van der Waals surface area contributed by atoms with Crippen LogP contribution in [0.15, 0.2) is 36.5 Å². The smallest absolute Gasteiger partial charge is 0.147 e. The standard InChI is InChI=1S/C16H16Cl2N2O2/c1-21-13-4-2-3-11(7-13)15-10-20(5-6-22-15)16-14(18)8-12(17)9-19-16/h2-4,7-9,15H,5-6,10H2,1H3. The van der Waals surface area contributed by atoms with Gasteiger partial charge in [0.15, 0.2) is 0 Å². The average molecular weight is 339 g/mol. The predicted octanol–water partition coefficient (Wildman–Crippen LogP) is 3.97. The van der Waals surface area contributed by atoms with Crippen molar-refractivity contribution in [2.45, 2.75) is 6.10 Å². The van der Waals surface area contributed by atoms with Crippen LogP contribution in [0.2, 0.25) is 10.0 Å². The molecule has 4 nitrogen and oxygen atoms in total. The lowest BCUT2D eigenvalue weighted by Gasteiger charge is -2.34. The molecule has 1 aliphatic heterocycles. The van der Waals surface area contributed by atoms with Crippen LogP contribution in [0, 0.1) is 0 Å². The summed E-state index contributed by atoms with van der Waals surface area (Å²) in [6.45, 7) is 2.04. The largest absolute Gasteiger partial charge is 0.497 e. The molecule has 1 saturated heterocycles. The maximum atomic E-state index is 6.25. The van der Waals surface area contributed by atoms with Gasteiger partial charge in [0.1, 0.15) is 17.7 Å². The minimum atomic E-state index is -0.0441. The zero-order valence-corrected chi connectivity index (χ0v) is 13.6. The lowest BCUT2D eigenvalue weighted by atomic mass is 10.1. The molecule has 1 atom stereocenters. The number of benzene rings is 1. The van der Waals surface area contributed by atoms with E-state index in [4.69, 9.17) is 32.7 Å². The lowest BCUT2D eigenvalue weighted by molar-refractivity contribution is 0.0394. The molecule has 2 aromatic rings. The Morgan fingerprint density at radius 3 is 2.95 bits per heavy atom. The quantitative estimate of drug-likeness (QED) is 0.847. The molecule has 1 fully saturated rings. The molecular weight excluding hydrogens is 323 g/mol. The van der Waals surface area contributed by atoms with Crippen LogP contribution in [0.25, 0.3) is 0 Å². The van der Waals surface area contributed by atoms with Gasteiger partial charge >= 0.3 is 0 Å². The Morgan fingerprint density at radius 1 is 1.32 bits per heavy atom. The van der Waals surface area contributed by atoms with E-state index in [-0.39, 0.29) is 6.10 Å². The van der Waals surface area contributed by atoms with Gasteiger partial charge in [0.2, 0.25) is 0 Å². The van der Waals surface area contributed by atoms with Crippen LogP contribution in [-0.4, -0.2) is 31.8 Å². The topological polar surface area (TPSA) is 34.6 Å². The molecule has 1 aromatic carbocycles. The summed E-state index contributed by atoms with van der Waals surface area (Å²) >= 11 is 12.2. The molecule has 1 aliphatic rings. The Balaban J connectivity index is 1.81. The second-order valence-electron chi connectivity index (χ2n) is 5.04. The van der Waals surface area contributed by atoms with Gasteiger partial charge in [-0.25, -0.2) is 4.98 Å². The molecule has 1 aromatic heterocycles. The highest BCUT2D eigenvalue weighted by molar-refractivity contribution is 6.36. The molecule has 0 spiro atoms. The zero-order chi connectivity index (χ0) is 15.5. The van der Waals surface area contributed by atoms with Crippen molar-refractivity contribution in [1.82, 2.24) is 4.98 Å². The maximum Gasteiger partial charge on any atom is 0.147 e. The molecule has 0 aliphatic carbocycles. The number of ether oxygens (including phenoxy) is 2. The van der Waals surface area contributed by atoms with Crippen LogP contribution in [0.1, 0.15) is 11.7 Å². The van der Waals surface area contributed by atoms with Gasteiger partial charge in [-0.05, 0) is 23.8 Å². The Labute approximate surface area is 139 Å². The van der Waals surface area contributed by atoms with Crippen molar-refractivity contribution in [2.75, 3.05) is 31.7 Å². The first-order valence-corrected chi connectivity index (χ1v) is 7.74. The summed E-state index contributed by atoms with van der Waals surface area (Å²) in [6, 6.07) is 9.62. The van der Waals surface area contributed by atoms with Crippen molar-refractivity contribution < 1.29 is 9.47 Å². The SMILES string of the molecule is COc1cccc(C2CN(c3ncc(Cl)cc3Cl)CCO2)c1. The average Bonchev–Trinajstić information content (AvgIpc) is 2.55. The molecule has 0 bridgehead atoms. The number of rotatable bonds is 3. The van der Waals surface area contributed by atoms with E-state index < -0.39 is 0 Å². The Hall–Kier alpha value is -1.49. The molecule has 0 radical (unpaired) electrons. The summed E-state index contributed by atoms with van der Waals surface area (Å²) in [7, 11) is 1.66. The maximum absolute atomic E-state index is 6.25. The predicted molar refractivity (Wildman–Crippen MR) is 88.2 cm³/mol. The number of aromatic nitrogens is 1. The van der Waals surface area contributed by atoms with Crippen molar-refractivity contribution in [3.8, 4) is 5.75 Å². The zero-order valence-electron chi connectivity index (χ0n) is 12.1. The van der Waals surface area contributed by atoms with Gasteiger partial charge in [-0.3, -0.25) is 0 Å². The molecule has 0 amide bonds. The monoisotopic (exact) mass is 338 g/mol. The molecule has 0 N–H and O–H groups in total. The molecule has 0 saturated carbocycles. The molecule has 1 unspecified atom stereocenters. The van der Waals surface area contributed by atoms with E-state index in [9.17, 15) is 0 Å². The third-order valence-electron chi connectivity index (χ3n) is 3.62. The Kier molecular flexibility index (Phi) is 4.71. The fourth-order valence-corrected chi connectivity index (χ4v) is 3.02. The summed E-state index contributed by atoms with van der Waals surface area (Å²) in [6.07, 6.45) is 1.57. The van der Waals surface area contributed by atoms with E-state index in [0.29, 0.717) is 23.2 Å². The minimum absolute atomic E-state index is 0.0441. The molecular formula is C16H16Cl2N2O2. The van der Waals surface area contributed by atoms with Gasteiger partial charge < -0.3 is 14.4 Å². The third kappa shape index (κ3) is 3.29. The van der Waals surface area contributed by atoms with Crippen LogP contribution in [0.5, 0.6) is 5.75 Å². The first-order valence-electron chi connectivity index (χ1n) is 6.99. The van der Waals surface area contributed by atoms with Crippen LogP contribution < -0.4 is 9.64 Å². The van der Waals surface area contributed by atoms with Crippen molar-refractivity contribution in [2.24, 2.45) is 0 Å². The van der Waals surface area contributed by atoms with Crippen molar-refractivity contribution in [1.29, 1.82) is 0 Å².